The summed E-state index contributed by atoms with van der Waals surface area (Å²) >= 11 is 0. The number of aliphatic imine (C=N–C) groups is 1. The molecule has 0 unspecified atom stereocenters. The predicted molar refractivity (Wildman–Crippen MR) is 90.1 cm³/mol. The number of unbranched alkanes of at least 4 members (excludes halogenated alkanes) is 1. The minimum Gasteiger partial charge on any atom is -0.469 e. The van der Waals surface area contributed by atoms with Gasteiger partial charge in [0.2, 0.25) is 0 Å². The van der Waals surface area contributed by atoms with Gasteiger partial charge in [0, 0.05) is 32.7 Å². The Balaban J connectivity index is 3.74. The van der Waals surface area contributed by atoms with Crippen LogP contribution < -0.4 is 10.6 Å². The molecule has 22 heavy (non-hydrogen) atoms. The summed E-state index contributed by atoms with van der Waals surface area (Å²) in [7, 11) is 1.41. The van der Waals surface area contributed by atoms with Crippen molar-refractivity contribution in [2.45, 2.75) is 46.5 Å². The molecule has 0 atom stereocenters. The third kappa shape index (κ3) is 13.7. The molecular formula is C16H33N3O3. The Labute approximate surface area is 135 Å². The fraction of sp³-hybridized carbons (Fsp3) is 0.875. The zero-order chi connectivity index (χ0) is 16.6. The number of carbonyl (C=O) groups is 1. The van der Waals surface area contributed by atoms with Crippen LogP contribution in [-0.2, 0) is 14.3 Å². The summed E-state index contributed by atoms with van der Waals surface area (Å²) in [6, 6.07) is 0. The van der Waals surface area contributed by atoms with Crippen molar-refractivity contribution in [1.82, 2.24) is 10.6 Å². The molecule has 0 radical (unpaired) electrons. The van der Waals surface area contributed by atoms with Crippen LogP contribution in [0.15, 0.2) is 4.99 Å². The second kappa shape index (κ2) is 14.6. The van der Waals surface area contributed by atoms with Crippen molar-refractivity contribution in [1.29, 1.82) is 0 Å². The van der Waals surface area contributed by atoms with Crippen LogP contribution in [0.1, 0.15) is 46.5 Å². The molecule has 2 N–H and O–H groups in total. The monoisotopic (exact) mass is 315 g/mol. The molecule has 0 aliphatic rings. The molecular weight excluding hydrogens is 282 g/mol. The third-order valence-corrected chi connectivity index (χ3v) is 3.01. The third-order valence-electron chi connectivity index (χ3n) is 3.01. The molecule has 6 nitrogen and oxygen atoms in total. The van der Waals surface area contributed by atoms with E-state index < -0.39 is 0 Å². The lowest BCUT2D eigenvalue weighted by Gasteiger charge is -2.12. The van der Waals surface area contributed by atoms with E-state index >= 15 is 0 Å². The Kier molecular flexibility index (Phi) is 13.8. The van der Waals surface area contributed by atoms with Crippen LogP contribution in [-0.4, -0.2) is 51.9 Å². The van der Waals surface area contributed by atoms with E-state index in [1.807, 2.05) is 6.92 Å². The van der Waals surface area contributed by atoms with Crippen LogP contribution in [0, 0.1) is 5.92 Å². The van der Waals surface area contributed by atoms with Crippen molar-refractivity contribution in [2.75, 3.05) is 40.0 Å². The number of nitrogens with zero attached hydrogens (tertiary/aromatic N) is 1. The second-order valence-electron chi connectivity index (χ2n) is 5.52. The van der Waals surface area contributed by atoms with E-state index in [4.69, 9.17) is 4.74 Å². The van der Waals surface area contributed by atoms with E-state index in [1.165, 1.54) is 7.11 Å². The molecule has 130 valence electrons. The molecule has 0 heterocycles. The highest BCUT2D eigenvalue weighted by atomic mass is 16.5. The smallest absolute Gasteiger partial charge is 0.305 e. The second-order valence-corrected chi connectivity index (χ2v) is 5.52. The van der Waals surface area contributed by atoms with E-state index in [0.29, 0.717) is 25.5 Å². The first-order valence-corrected chi connectivity index (χ1v) is 8.26. The maximum Gasteiger partial charge on any atom is 0.305 e. The van der Waals surface area contributed by atoms with Gasteiger partial charge < -0.3 is 20.1 Å². The Morgan fingerprint density at radius 2 is 1.95 bits per heavy atom. The number of guanidine groups is 1. The highest BCUT2D eigenvalue weighted by Gasteiger charge is 2.00. The molecule has 0 saturated carbocycles. The van der Waals surface area contributed by atoms with Crippen LogP contribution in [0.4, 0.5) is 0 Å². The van der Waals surface area contributed by atoms with E-state index in [1.54, 1.807) is 0 Å². The van der Waals surface area contributed by atoms with Gasteiger partial charge in [-0.2, -0.15) is 0 Å². The number of nitrogens with one attached hydrogen (secondary N) is 2. The number of esters is 1. The summed E-state index contributed by atoms with van der Waals surface area (Å²) in [5, 5.41) is 6.44. The molecule has 0 aliphatic carbocycles. The van der Waals surface area contributed by atoms with Gasteiger partial charge in [-0.3, -0.25) is 9.79 Å². The number of ether oxygens (including phenoxy) is 2. The molecule has 0 amide bonds. The van der Waals surface area contributed by atoms with Crippen LogP contribution in [0.3, 0.4) is 0 Å². The molecule has 6 heteroatoms. The predicted octanol–water partition coefficient (Wildman–Crippen LogP) is 1.95. The van der Waals surface area contributed by atoms with E-state index in [9.17, 15) is 4.79 Å². The molecule has 0 fully saturated rings. The van der Waals surface area contributed by atoms with Crippen molar-refractivity contribution in [3.63, 3.8) is 0 Å². The van der Waals surface area contributed by atoms with Crippen molar-refractivity contribution >= 4 is 11.9 Å². The van der Waals surface area contributed by atoms with Crippen molar-refractivity contribution in [2.24, 2.45) is 10.9 Å². The molecule has 0 spiro atoms. The fourth-order valence-electron chi connectivity index (χ4n) is 1.68. The largest absolute Gasteiger partial charge is 0.469 e. The molecule has 0 aromatic carbocycles. The van der Waals surface area contributed by atoms with Gasteiger partial charge in [-0.25, -0.2) is 0 Å². The van der Waals surface area contributed by atoms with Crippen LogP contribution >= 0.6 is 0 Å². The summed E-state index contributed by atoms with van der Waals surface area (Å²) in [4.78, 5) is 15.5. The highest BCUT2D eigenvalue weighted by molar-refractivity contribution is 5.79. The maximum atomic E-state index is 11.0. The van der Waals surface area contributed by atoms with E-state index in [2.05, 4.69) is 34.2 Å². The summed E-state index contributed by atoms with van der Waals surface area (Å²) in [6.45, 7) is 10.2. The SMILES string of the molecule is CCNC(=NCCCCC(=O)OC)NCCOCCC(C)C. The standard InChI is InChI=1S/C16H33N3O3/c1-5-17-16(18-10-7-6-8-15(20)21-4)19-11-13-22-12-9-14(2)3/h14H,5-13H2,1-4H3,(H2,17,18,19). The van der Waals surface area contributed by atoms with Crippen LogP contribution in [0.2, 0.25) is 0 Å². The molecule has 0 aromatic rings. The van der Waals surface area contributed by atoms with Gasteiger partial charge in [0.05, 0.1) is 13.7 Å². The number of hydrogen-bond donors (Lipinski definition) is 2. The van der Waals surface area contributed by atoms with Gasteiger partial charge >= 0.3 is 5.97 Å². The topological polar surface area (TPSA) is 72.0 Å². The summed E-state index contributed by atoms with van der Waals surface area (Å²) in [5.74, 6) is 1.32. The van der Waals surface area contributed by atoms with Gasteiger partial charge in [-0.15, -0.1) is 0 Å². The fourth-order valence-corrected chi connectivity index (χ4v) is 1.68. The van der Waals surface area contributed by atoms with E-state index in [0.717, 1.165) is 44.9 Å². The van der Waals surface area contributed by atoms with Gasteiger partial charge in [0.25, 0.3) is 0 Å². The average molecular weight is 315 g/mol. The van der Waals surface area contributed by atoms with Gasteiger partial charge in [-0.1, -0.05) is 13.8 Å². The Morgan fingerprint density at radius 3 is 2.59 bits per heavy atom. The maximum absolute atomic E-state index is 11.0. The minimum absolute atomic E-state index is 0.160. The Hall–Kier alpha value is -1.30. The summed E-state index contributed by atoms with van der Waals surface area (Å²) in [5.41, 5.74) is 0. The molecule has 0 aliphatic heterocycles. The van der Waals surface area contributed by atoms with Crippen molar-refractivity contribution in [3.05, 3.63) is 0 Å². The lowest BCUT2D eigenvalue weighted by atomic mass is 10.1. The van der Waals surface area contributed by atoms with Crippen LogP contribution in [0.5, 0.6) is 0 Å². The molecule has 0 bridgehead atoms. The zero-order valence-corrected chi connectivity index (χ0v) is 14.6. The van der Waals surface area contributed by atoms with E-state index in [-0.39, 0.29) is 5.97 Å². The highest BCUT2D eigenvalue weighted by Crippen LogP contribution is 1.98. The lowest BCUT2D eigenvalue weighted by Crippen LogP contribution is -2.39. The average Bonchev–Trinajstić information content (AvgIpc) is 2.49. The lowest BCUT2D eigenvalue weighted by molar-refractivity contribution is -0.140. The normalized spacial score (nSPS) is 11.6. The Morgan fingerprint density at radius 1 is 1.18 bits per heavy atom. The number of rotatable bonds is 12. The quantitative estimate of drug-likeness (QED) is 0.249. The number of methoxy groups -OCH3 is 1. The summed E-state index contributed by atoms with van der Waals surface area (Å²) < 4.78 is 10.2. The first-order valence-electron chi connectivity index (χ1n) is 8.26. The zero-order valence-electron chi connectivity index (χ0n) is 14.6. The van der Waals surface area contributed by atoms with Gasteiger partial charge in [0.1, 0.15) is 0 Å². The molecule has 0 aromatic heterocycles. The molecule has 0 saturated heterocycles. The molecule has 0 rings (SSSR count). The van der Waals surface area contributed by atoms with Gasteiger partial charge in [-0.05, 0) is 32.1 Å². The minimum atomic E-state index is -0.160. The van der Waals surface area contributed by atoms with Crippen LogP contribution in [0.25, 0.3) is 0 Å². The number of carbonyl (C=O) groups excluding carboxylic acids is 1. The number of hydrogen-bond acceptors (Lipinski definition) is 4. The van der Waals surface area contributed by atoms with Crippen molar-refractivity contribution < 1.29 is 14.3 Å². The first kappa shape index (κ1) is 20.7. The first-order chi connectivity index (χ1) is 10.6. The van der Waals surface area contributed by atoms with Gasteiger partial charge in [0.15, 0.2) is 5.96 Å². The van der Waals surface area contributed by atoms with Crippen molar-refractivity contribution in [3.8, 4) is 0 Å². The summed E-state index contributed by atoms with van der Waals surface area (Å²) in [6.07, 6.45) is 3.22. The Bertz CT molecular complexity index is 307.